The van der Waals surface area contributed by atoms with Gasteiger partial charge in [-0.05, 0) is 0 Å². The first-order chi connectivity index (χ1) is 14.2. The van der Waals surface area contributed by atoms with Crippen molar-refractivity contribution in [1.82, 2.24) is 0 Å². The predicted octanol–water partition coefficient (Wildman–Crippen LogP) is 7.41. The molecule has 1 aromatic carbocycles. The number of para-hydroxylation sites is 2. The van der Waals surface area contributed by atoms with Gasteiger partial charge in [-0.2, -0.15) is 0 Å². The fourth-order valence-corrected chi connectivity index (χ4v) is 5.56. The standard InChI is InChI=1S/C26H39NO.Ni/c1-3-4-5-11-21-27(24-12-7-8-13-25(24)28-2)22-16-23-14-19-26(20-15-23)17-9-6-10-18-26;/h7-8,12-13,16,22-23H,3-6,9-11,14-15,17-20H2,1-2H3;. The van der Waals surface area contributed by atoms with Gasteiger partial charge in [-0.3, -0.25) is 0 Å². The van der Waals surface area contributed by atoms with Crippen LogP contribution in [0.15, 0.2) is 36.5 Å². The number of allylic oxidation sites excluding steroid dienone is 1. The molecule has 0 radical (unpaired) electrons. The molecule has 2 fully saturated rings. The molecule has 0 aromatic heterocycles. The third-order valence-corrected chi connectivity index (χ3v) is 7.56. The topological polar surface area (TPSA) is 12.5 Å². The van der Waals surface area contributed by atoms with Crippen molar-refractivity contribution in [1.29, 1.82) is 0 Å². The van der Waals surface area contributed by atoms with Gasteiger partial charge in [0.25, 0.3) is 0 Å². The second-order valence-electron chi connectivity index (χ2n) is 9.08. The van der Waals surface area contributed by atoms with Crippen LogP contribution < -0.4 is 9.64 Å². The minimum absolute atomic E-state index is 0.683. The number of benzene rings is 1. The van der Waals surface area contributed by atoms with E-state index in [4.69, 9.17) is 19.8 Å². The van der Waals surface area contributed by atoms with E-state index in [0.29, 0.717) is 11.3 Å². The summed E-state index contributed by atoms with van der Waals surface area (Å²) in [7, 11) is 1.75. The third-order valence-electron chi connectivity index (χ3n) is 7.07. The van der Waals surface area contributed by atoms with Crippen molar-refractivity contribution in [3.63, 3.8) is 0 Å². The summed E-state index contributed by atoms with van der Waals surface area (Å²) in [5.74, 6) is 1.58. The van der Waals surface area contributed by atoms with E-state index in [-0.39, 0.29) is 0 Å². The van der Waals surface area contributed by atoms with Crippen LogP contribution in [0.1, 0.15) is 90.4 Å². The molecular formula is C26H39NNiO. The van der Waals surface area contributed by atoms with Crippen LogP contribution in [0.5, 0.6) is 5.75 Å². The molecule has 0 heterocycles. The normalized spacial score (nSPS) is 19.6. The average molecular weight is 440 g/mol. The quantitative estimate of drug-likeness (QED) is 0.293. The van der Waals surface area contributed by atoms with Crippen molar-refractivity contribution >= 4 is 10.3 Å². The molecule has 0 aliphatic heterocycles. The molecule has 0 bridgehead atoms. The summed E-state index contributed by atoms with van der Waals surface area (Å²) < 4.78 is 6.68. The van der Waals surface area contributed by atoms with Crippen LogP contribution in [-0.2, 0) is 15.0 Å². The Morgan fingerprint density at radius 2 is 1.83 bits per heavy atom. The summed E-state index contributed by atoms with van der Waals surface area (Å²) in [6, 6.07) is 8.26. The van der Waals surface area contributed by atoms with Gasteiger partial charge in [0.15, 0.2) is 0 Å². The fraction of sp³-hybridized carbons (Fsp3) is 0.654. The van der Waals surface area contributed by atoms with Gasteiger partial charge in [-0.1, -0.05) is 0 Å². The van der Waals surface area contributed by atoms with Crippen LogP contribution in [0.3, 0.4) is 0 Å². The summed E-state index contributed by atoms with van der Waals surface area (Å²) in [6.45, 7) is 2.24. The number of unbranched alkanes of at least 4 members (excludes halogenated alkanes) is 2. The van der Waals surface area contributed by atoms with Gasteiger partial charge in [0, 0.05) is 0 Å². The summed E-state index contributed by atoms with van der Waals surface area (Å²) in [6.07, 6.45) is 22.1. The first-order valence-electron chi connectivity index (χ1n) is 11.8. The maximum absolute atomic E-state index is 5.64. The van der Waals surface area contributed by atoms with E-state index in [9.17, 15) is 0 Å². The number of hydrogen-bond donors (Lipinski definition) is 0. The Kier molecular flexibility index (Phi) is 8.85. The minimum atomic E-state index is 0.683. The zero-order valence-corrected chi connectivity index (χ0v) is 19.4. The van der Waals surface area contributed by atoms with Gasteiger partial charge < -0.3 is 0 Å². The van der Waals surface area contributed by atoms with E-state index in [0.717, 1.165) is 28.9 Å². The molecule has 2 saturated carbocycles. The van der Waals surface area contributed by atoms with Crippen molar-refractivity contribution < 1.29 is 19.8 Å². The molecule has 0 unspecified atom stereocenters. The molecule has 164 valence electrons. The molecular weight excluding hydrogens is 401 g/mol. The van der Waals surface area contributed by atoms with Crippen molar-refractivity contribution in [3.05, 3.63) is 36.5 Å². The molecule has 2 aliphatic rings. The Morgan fingerprint density at radius 1 is 1.10 bits per heavy atom. The second kappa shape index (κ2) is 11.4. The van der Waals surface area contributed by atoms with E-state index in [1.165, 1.54) is 70.6 Å². The number of rotatable bonds is 9. The molecule has 2 nitrogen and oxygen atoms in total. The van der Waals surface area contributed by atoms with Crippen molar-refractivity contribution in [2.45, 2.75) is 90.4 Å². The van der Waals surface area contributed by atoms with Crippen LogP contribution in [0.2, 0.25) is 0 Å². The van der Waals surface area contributed by atoms with E-state index < -0.39 is 0 Å². The Morgan fingerprint density at radius 3 is 2.52 bits per heavy atom. The van der Waals surface area contributed by atoms with Crippen LogP contribution in [0, 0.1) is 11.3 Å². The van der Waals surface area contributed by atoms with Crippen molar-refractivity contribution in [2.75, 3.05) is 12.0 Å². The molecule has 3 rings (SSSR count). The van der Waals surface area contributed by atoms with Gasteiger partial charge in [0.1, 0.15) is 0 Å². The molecule has 0 N–H and O–H groups in total. The van der Waals surface area contributed by atoms with Gasteiger partial charge in [0.05, 0.1) is 0 Å². The number of hydrogen-bond acceptors (Lipinski definition) is 2. The summed E-state index contributed by atoms with van der Waals surface area (Å²) in [5.41, 5.74) is 1.76. The van der Waals surface area contributed by atoms with Crippen LogP contribution in [0.25, 0.3) is 0 Å². The van der Waals surface area contributed by atoms with E-state index in [1.54, 1.807) is 7.11 Å². The SMILES string of the molecule is CCCCC[C](=[Ni])N(C=CC1CCC2(CCCCC2)CC1)c1ccccc1OC. The third kappa shape index (κ3) is 6.20. The van der Waals surface area contributed by atoms with E-state index >= 15 is 0 Å². The summed E-state index contributed by atoms with van der Waals surface area (Å²) >= 11 is 5.50. The molecule has 29 heavy (non-hydrogen) atoms. The van der Waals surface area contributed by atoms with Crippen LogP contribution in [-0.4, -0.2) is 11.7 Å². The van der Waals surface area contributed by atoms with Gasteiger partial charge >= 0.3 is 186 Å². The van der Waals surface area contributed by atoms with Crippen LogP contribution in [0.4, 0.5) is 5.69 Å². The van der Waals surface area contributed by atoms with Crippen LogP contribution >= 0.6 is 0 Å². The van der Waals surface area contributed by atoms with Gasteiger partial charge in [-0.15, -0.1) is 0 Å². The first kappa shape index (κ1) is 22.6. The second-order valence-corrected chi connectivity index (χ2v) is 9.65. The Bertz CT molecular complexity index is 667. The van der Waals surface area contributed by atoms with E-state index in [1.807, 2.05) is 12.1 Å². The molecule has 0 atom stereocenters. The van der Waals surface area contributed by atoms with Crippen molar-refractivity contribution in [2.24, 2.45) is 11.3 Å². The molecule has 0 saturated heterocycles. The Balaban J connectivity index is 1.68. The van der Waals surface area contributed by atoms with E-state index in [2.05, 4.69) is 36.2 Å². The molecule has 2 aliphatic carbocycles. The summed E-state index contributed by atoms with van der Waals surface area (Å²) in [5, 5.41) is 0. The number of ether oxygens (including phenoxy) is 1. The zero-order chi connectivity index (χ0) is 20.5. The average Bonchev–Trinajstić information content (AvgIpc) is 2.76. The first-order valence-corrected chi connectivity index (χ1v) is 12.3. The Labute approximate surface area is 186 Å². The zero-order valence-electron chi connectivity index (χ0n) is 18.4. The monoisotopic (exact) mass is 439 g/mol. The summed E-state index contributed by atoms with van der Waals surface area (Å²) in [4.78, 5) is 2.22. The Hall–Kier alpha value is -1.08. The maximum atomic E-state index is 5.64. The number of methoxy groups -OCH3 is 1. The number of anilines is 1. The molecule has 1 spiro atoms. The number of nitrogens with zero attached hydrogens (tertiary/aromatic N) is 1. The van der Waals surface area contributed by atoms with Crippen molar-refractivity contribution in [3.8, 4) is 5.75 Å². The fourth-order valence-electron chi connectivity index (χ4n) is 5.19. The van der Waals surface area contributed by atoms with Gasteiger partial charge in [0.2, 0.25) is 0 Å². The predicted molar refractivity (Wildman–Crippen MR) is 121 cm³/mol. The molecule has 3 heteroatoms. The molecule has 0 amide bonds. The molecule has 1 aromatic rings. The van der Waals surface area contributed by atoms with Gasteiger partial charge in [-0.25, -0.2) is 0 Å².